The van der Waals surface area contributed by atoms with E-state index in [1.807, 2.05) is 6.07 Å². The smallest absolute Gasteiger partial charge is 0.312 e. The number of hydrogen-bond donors (Lipinski definition) is 2. The van der Waals surface area contributed by atoms with Crippen LogP contribution in [0.4, 0.5) is 10.2 Å². The minimum absolute atomic E-state index is 0.0435. The predicted octanol–water partition coefficient (Wildman–Crippen LogP) is 2.01. The highest BCUT2D eigenvalue weighted by atomic mass is 127. The van der Waals surface area contributed by atoms with E-state index in [0.29, 0.717) is 18.9 Å². The first-order valence-electron chi connectivity index (χ1n) is 9.75. The topological polar surface area (TPSA) is 125 Å². The fourth-order valence-corrected chi connectivity index (χ4v) is 5.56. The molecule has 1 aromatic carbocycles. The molecule has 0 aliphatic carbocycles. The molecule has 0 unspecified atom stereocenters. The van der Waals surface area contributed by atoms with Crippen LogP contribution in [0.15, 0.2) is 12.1 Å². The number of nitrogens with one attached hydrogen (secondary N) is 1. The number of halogens is 2. The first-order chi connectivity index (χ1) is 14.6. The van der Waals surface area contributed by atoms with E-state index in [-0.39, 0.29) is 35.3 Å². The standard InChI is InChI=1S/C19H22FIN6O3S/c1-10(2)26-31(28,29)6-4-27-15(23-16-17(22)24-19(20)25-18(16)27)9-12-8-14-11(3-5-30-14)7-13(12)21/h7-8,10,26H,3-6,9H2,1-2H3,(H2,22,24,25). The van der Waals surface area contributed by atoms with Gasteiger partial charge in [0.15, 0.2) is 17.0 Å². The van der Waals surface area contributed by atoms with Gasteiger partial charge < -0.3 is 15.0 Å². The van der Waals surface area contributed by atoms with Crippen molar-refractivity contribution in [1.29, 1.82) is 0 Å². The maximum atomic E-state index is 13.9. The van der Waals surface area contributed by atoms with Crippen LogP contribution in [-0.2, 0) is 29.4 Å². The predicted molar refractivity (Wildman–Crippen MR) is 123 cm³/mol. The first kappa shape index (κ1) is 22.1. The van der Waals surface area contributed by atoms with E-state index in [4.69, 9.17) is 10.5 Å². The first-order valence-corrected chi connectivity index (χ1v) is 12.5. The average molecular weight is 560 g/mol. The molecule has 3 N–H and O–H groups in total. The Morgan fingerprint density at radius 2 is 2.10 bits per heavy atom. The molecule has 4 rings (SSSR count). The molecule has 3 heterocycles. The molecule has 1 aliphatic heterocycles. The zero-order chi connectivity index (χ0) is 22.3. The van der Waals surface area contributed by atoms with Crippen molar-refractivity contribution in [3.05, 3.63) is 38.7 Å². The van der Waals surface area contributed by atoms with E-state index >= 15 is 0 Å². The third-order valence-electron chi connectivity index (χ3n) is 4.88. The van der Waals surface area contributed by atoms with E-state index in [0.717, 1.165) is 26.9 Å². The van der Waals surface area contributed by atoms with Gasteiger partial charge in [-0.15, -0.1) is 0 Å². The van der Waals surface area contributed by atoms with Crippen LogP contribution in [0.5, 0.6) is 5.75 Å². The molecule has 0 fully saturated rings. The van der Waals surface area contributed by atoms with Gasteiger partial charge in [-0.05, 0) is 59.7 Å². The van der Waals surface area contributed by atoms with E-state index in [9.17, 15) is 12.8 Å². The molecule has 3 aromatic rings. The lowest BCUT2D eigenvalue weighted by molar-refractivity contribution is 0.356. The van der Waals surface area contributed by atoms with Gasteiger partial charge in [0.05, 0.1) is 12.4 Å². The highest BCUT2D eigenvalue weighted by molar-refractivity contribution is 14.1. The van der Waals surface area contributed by atoms with Crippen LogP contribution in [-0.4, -0.2) is 46.3 Å². The fraction of sp³-hybridized carbons (Fsp3) is 0.421. The molecule has 1 aliphatic rings. The molecule has 9 nitrogen and oxygen atoms in total. The van der Waals surface area contributed by atoms with Crippen LogP contribution in [0.3, 0.4) is 0 Å². The summed E-state index contributed by atoms with van der Waals surface area (Å²) in [6.07, 6.45) is 0.265. The molecular formula is C19H22FIN6O3S. The number of nitrogens with zero attached hydrogens (tertiary/aromatic N) is 4. The zero-order valence-corrected chi connectivity index (χ0v) is 20.0. The maximum Gasteiger partial charge on any atom is 0.312 e. The van der Waals surface area contributed by atoms with Gasteiger partial charge in [0.2, 0.25) is 10.0 Å². The molecule has 12 heteroatoms. The van der Waals surface area contributed by atoms with Gasteiger partial charge in [-0.3, -0.25) is 0 Å². The van der Waals surface area contributed by atoms with Gasteiger partial charge in [-0.1, -0.05) is 0 Å². The van der Waals surface area contributed by atoms with E-state index in [1.54, 1.807) is 18.4 Å². The van der Waals surface area contributed by atoms with Crippen LogP contribution in [0.2, 0.25) is 0 Å². The van der Waals surface area contributed by atoms with Crippen molar-refractivity contribution < 1.29 is 17.5 Å². The Bertz CT molecular complexity index is 1260. The highest BCUT2D eigenvalue weighted by Crippen LogP contribution is 2.31. The number of anilines is 1. The second-order valence-corrected chi connectivity index (χ2v) is 10.7. The van der Waals surface area contributed by atoms with Crippen molar-refractivity contribution in [2.75, 3.05) is 18.1 Å². The largest absolute Gasteiger partial charge is 0.493 e. The lowest BCUT2D eigenvalue weighted by atomic mass is 10.1. The van der Waals surface area contributed by atoms with Crippen LogP contribution >= 0.6 is 22.6 Å². The Morgan fingerprint density at radius 3 is 2.84 bits per heavy atom. The minimum Gasteiger partial charge on any atom is -0.493 e. The molecule has 166 valence electrons. The summed E-state index contributed by atoms with van der Waals surface area (Å²) < 4.78 is 49.5. The number of benzene rings is 1. The second-order valence-electron chi connectivity index (χ2n) is 7.65. The lowest BCUT2D eigenvalue weighted by Crippen LogP contribution is -2.33. The summed E-state index contributed by atoms with van der Waals surface area (Å²) in [6, 6.07) is 3.82. The van der Waals surface area contributed by atoms with Crippen molar-refractivity contribution in [1.82, 2.24) is 24.2 Å². The number of fused-ring (bicyclic) bond motifs is 2. The Balaban J connectivity index is 1.74. The number of sulfonamides is 1. The summed E-state index contributed by atoms with van der Waals surface area (Å²) in [5.74, 6) is 1.07. The number of aryl methyl sites for hydroxylation is 1. The van der Waals surface area contributed by atoms with Crippen molar-refractivity contribution >= 4 is 49.6 Å². The molecule has 0 saturated heterocycles. The van der Waals surface area contributed by atoms with Gasteiger partial charge in [-0.2, -0.15) is 14.4 Å². The Kier molecular flexibility index (Phi) is 6.05. The van der Waals surface area contributed by atoms with E-state index in [2.05, 4.69) is 48.3 Å². The third kappa shape index (κ3) is 4.75. The van der Waals surface area contributed by atoms with E-state index in [1.165, 1.54) is 0 Å². The molecule has 0 bridgehead atoms. The van der Waals surface area contributed by atoms with Crippen molar-refractivity contribution in [3.8, 4) is 5.75 Å². The number of nitrogen functional groups attached to an aromatic ring is 1. The van der Waals surface area contributed by atoms with Crippen LogP contribution in [0.25, 0.3) is 11.2 Å². The lowest BCUT2D eigenvalue weighted by Gasteiger charge is -2.13. The Hall–Kier alpha value is -2.06. The van der Waals surface area contributed by atoms with Crippen molar-refractivity contribution in [3.63, 3.8) is 0 Å². The highest BCUT2D eigenvalue weighted by Gasteiger charge is 2.22. The maximum absolute atomic E-state index is 13.9. The molecule has 0 saturated carbocycles. The number of ether oxygens (including phenoxy) is 1. The Morgan fingerprint density at radius 1 is 1.32 bits per heavy atom. The number of nitrogens with two attached hydrogens (primary N) is 1. The summed E-state index contributed by atoms with van der Waals surface area (Å²) in [7, 11) is -3.54. The summed E-state index contributed by atoms with van der Waals surface area (Å²) in [5.41, 5.74) is 8.41. The van der Waals surface area contributed by atoms with Gasteiger partial charge in [0.1, 0.15) is 11.6 Å². The quantitative estimate of drug-likeness (QED) is 0.335. The van der Waals surface area contributed by atoms with Crippen LogP contribution in [0.1, 0.15) is 30.8 Å². The van der Waals surface area contributed by atoms with Crippen molar-refractivity contribution in [2.24, 2.45) is 0 Å². The Labute approximate surface area is 192 Å². The second kappa shape index (κ2) is 8.47. The number of rotatable bonds is 7. The number of hydrogen-bond acceptors (Lipinski definition) is 7. The van der Waals surface area contributed by atoms with Crippen LogP contribution in [0, 0.1) is 9.65 Å². The molecule has 0 radical (unpaired) electrons. The summed E-state index contributed by atoms with van der Waals surface area (Å²) in [6.45, 7) is 4.19. The van der Waals surface area contributed by atoms with E-state index < -0.39 is 16.1 Å². The van der Waals surface area contributed by atoms with Gasteiger partial charge >= 0.3 is 6.08 Å². The van der Waals surface area contributed by atoms with Crippen molar-refractivity contribution in [2.45, 2.75) is 39.3 Å². The molecule has 0 atom stereocenters. The summed E-state index contributed by atoms with van der Waals surface area (Å²) >= 11 is 2.26. The fourth-order valence-electron chi connectivity index (χ4n) is 3.58. The third-order valence-corrected chi connectivity index (χ3v) is 7.43. The molecule has 0 amide bonds. The normalized spacial score (nSPS) is 13.7. The van der Waals surface area contributed by atoms with Crippen LogP contribution < -0.4 is 15.2 Å². The molecule has 2 aromatic heterocycles. The SMILES string of the molecule is CC(C)NS(=O)(=O)CCn1c(Cc2cc3c(cc2I)CCO3)nc2c(N)nc(F)nc21. The minimum atomic E-state index is -3.54. The monoisotopic (exact) mass is 560 g/mol. The van der Waals surface area contributed by atoms with Gasteiger partial charge in [0, 0.05) is 29.0 Å². The molecular weight excluding hydrogens is 538 g/mol. The molecule has 31 heavy (non-hydrogen) atoms. The van der Waals surface area contributed by atoms with Gasteiger partial charge in [0.25, 0.3) is 0 Å². The molecule has 0 spiro atoms. The number of aromatic nitrogens is 4. The van der Waals surface area contributed by atoms with Gasteiger partial charge in [-0.25, -0.2) is 18.1 Å². The zero-order valence-electron chi connectivity index (χ0n) is 17.0. The summed E-state index contributed by atoms with van der Waals surface area (Å²) in [4.78, 5) is 11.9. The summed E-state index contributed by atoms with van der Waals surface area (Å²) in [5, 5.41) is 0. The average Bonchev–Trinajstić information content (AvgIpc) is 3.23. The number of imidazole rings is 1.